The topological polar surface area (TPSA) is 25.8 Å². The molecule has 0 spiro atoms. The predicted octanol–water partition coefficient (Wildman–Crippen LogP) is 14.6. The van der Waals surface area contributed by atoms with Gasteiger partial charge in [-0.25, -0.2) is 9.97 Å². The molecule has 2 heteroatoms. The number of aromatic nitrogens is 2. The number of hydrogen-bond acceptors (Lipinski definition) is 2. The summed E-state index contributed by atoms with van der Waals surface area (Å²) < 4.78 is 0. The number of nitrogens with zero attached hydrogens (tertiary/aromatic N) is 2. The highest BCUT2D eigenvalue weighted by Crippen LogP contribution is 2.49. The molecular formula is C55H38N2. The minimum Gasteiger partial charge on any atom is -0.228 e. The second-order valence-electron chi connectivity index (χ2n) is 15.8. The largest absolute Gasteiger partial charge is 0.228 e. The van der Waals surface area contributed by atoms with E-state index in [1.165, 1.54) is 66.1 Å². The van der Waals surface area contributed by atoms with Gasteiger partial charge in [-0.2, -0.15) is 0 Å². The number of fused-ring (bicyclic) bond motifs is 7. The first kappa shape index (κ1) is 33.2. The Balaban J connectivity index is 1.07. The van der Waals surface area contributed by atoms with Crippen molar-refractivity contribution in [3.63, 3.8) is 0 Å². The lowest BCUT2D eigenvalue weighted by atomic mass is 9.82. The fourth-order valence-corrected chi connectivity index (χ4v) is 9.11. The van der Waals surface area contributed by atoms with E-state index in [1.807, 2.05) is 0 Å². The van der Waals surface area contributed by atoms with E-state index < -0.39 is 0 Å². The van der Waals surface area contributed by atoms with Crippen LogP contribution in [-0.4, -0.2) is 9.97 Å². The molecule has 1 aromatic heterocycles. The van der Waals surface area contributed by atoms with Crippen LogP contribution < -0.4 is 0 Å². The first-order valence-corrected chi connectivity index (χ1v) is 19.7. The number of rotatable bonds is 5. The molecule has 0 saturated carbocycles. The van der Waals surface area contributed by atoms with Gasteiger partial charge in [0.1, 0.15) is 0 Å². The zero-order valence-corrected chi connectivity index (χ0v) is 31.9. The molecule has 0 bridgehead atoms. The van der Waals surface area contributed by atoms with Gasteiger partial charge in [0.15, 0.2) is 5.82 Å². The third kappa shape index (κ3) is 5.48. The van der Waals surface area contributed by atoms with Crippen molar-refractivity contribution in [2.75, 3.05) is 0 Å². The number of benzene rings is 9. The minimum atomic E-state index is -0.0128. The van der Waals surface area contributed by atoms with Crippen LogP contribution in [0.4, 0.5) is 0 Å². The highest BCUT2D eigenvalue weighted by atomic mass is 14.9. The van der Waals surface area contributed by atoms with Gasteiger partial charge in [0.05, 0.1) is 11.4 Å². The Morgan fingerprint density at radius 3 is 1.61 bits per heavy atom. The SMILES string of the molecule is CC1(C)c2ccccc2-c2cc(-c3ccc(-c4cc(-c5ccc(-c6ccccc6)cc5)nc(-c5c6ccccc6cc6c5ccc5ccccc56)n4)cc3)ccc21. The fraction of sp³-hybridized carbons (Fsp3) is 0.0545. The van der Waals surface area contributed by atoms with Gasteiger partial charge in [0.2, 0.25) is 0 Å². The normalized spacial score (nSPS) is 12.9. The van der Waals surface area contributed by atoms with Crippen molar-refractivity contribution in [1.82, 2.24) is 9.97 Å². The molecule has 11 rings (SSSR count). The molecule has 10 aromatic rings. The monoisotopic (exact) mass is 726 g/mol. The minimum absolute atomic E-state index is 0.0128. The van der Waals surface area contributed by atoms with E-state index in [0.29, 0.717) is 0 Å². The van der Waals surface area contributed by atoms with Crippen LogP contribution >= 0.6 is 0 Å². The molecule has 9 aromatic carbocycles. The molecular weight excluding hydrogens is 689 g/mol. The first-order valence-electron chi connectivity index (χ1n) is 19.7. The average molecular weight is 727 g/mol. The standard InChI is InChI=1S/C55H38N2/c1-55(2)49-19-11-10-18-45(49)48-32-41(29-31-50(48)55)37-22-26-40(27-23-37)52-34-51(39-24-20-36(21-25-39)35-12-4-3-5-13-35)56-54(57-52)53-44-17-9-7-15-42(44)33-47-43-16-8-6-14-38(43)28-30-46(47)53/h3-34H,1-2H3. The van der Waals surface area contributed by atoms with Crippen LogP contribution in [0.15, 0.2) is 194 Å². The summed E-state index contributed by atoms with van der Waals surface area (Å²) >= 11 is 0. The Kier molecular flexibility index (Phi) is 7.55. The van der Waals surface area contributed by atoms with Crippen LogP contribution in [-0.2, 0) is 5.41 Å². The molecule has 0 aliphatic heterocycles. The summed E-state index contributed by atoms with van der Waals surface area (Å²) in [6.07, 6.45) is 0. The molecule has 0 N–H and O–H groups in total. The maximum Gasteiger partial charge on any atom is 0.161 e. The summed E-state index contributed by atoms with van der Waals surface area (Å²) in [5.74, 6) is 0.718. The molecule has 1 aliphatic rings. The maximum atomic E-state index is 5.42. The van der Waals surface area contributed by atoms with Crippen molar-refractivity contribution in [3.05, 3.63) is 205 Å². The van der Waals surface area contributed by atoms with Crippen LogP contribution in [0.3, 0.4) is 0 Å². The molecule has 0 unspecified atom stereocenters. The van der Waals surface area contributed by atoms with Crippen LogP contribution in [0.1, 0.15) is 25.0 Å². The van der Waals surface area contributed by atoms with E-state index in [0.717, 1.165) is 44.7 Å². The van der Waals surface area contributed by atoms with Crippen molar-refractivity contribution in [1.29, 1.82) is 0 Å². The van der Waals surface area contributed by atoms with E-state index in [1.54, 1.807) is 0 Å². The van der Waals surface area contributed by atoms with Gasteiger partial charge in [-0.3, -0.25) is 0 Å². The van der Waals surface area contributed by atoms with E-state index in [-0.39, 0.29) is 5.41 Å². The smallest absolute Gasteiger partial charge is 0.161 e. The van der Waals surface area contributed by atoms with Crippen LogP contribution in [0.25, 0.3) is 99.6 Å². The average Bonchev–Trinajstić information content (AvgIpc) is 3.51. The fourth-order valence-electron chi connectivity index (χ4n) is 9.11. The van der Waals surface area contributed by atoms with Crippen LogP contribution in [0.5, 0.6) is 0 Å². The van der Waals surface area contributed by atoms with E-state index in [9.17, 15) is 0 Å². The zero-order chi connectivity index (χ0) is 38.1. The first-order chi connectivity index (χ1) is 28.0. The molecule has 1 aliphatic carbocycles. The lowest BCUT2D eigenvalue weighted by Crippen LogP contribution is -2.14. The molecule has 0 amide bonds. The molecule has 0 atom stereocenters. The Bertz CT molecular complexity index is 3180. The highest BCUT2D eigenvalue weighted by Gasteiger charge is 2.35. The van der Waals surface area contributed by atoms with Gasteiger partial charge in [-0.05, 0) is 95.0 Å². The highest BCUT2D eigenvalue weighted by molar-refractivity contribution is 6.19. The molecule has 57 heavy (non-hydrogen) atoms. The molecule has 0 saturated heterocycles. The van der Waals surface area contributed by atoms with Gasteiger partial charge in [-0.15, -0.1) is 0 Å². The summed E-state index contributed by atoms with van der Waals surface area (Å²) in [5.41, 5.74) is 15.1. The van der Waals surface area contributed by atoms with Gasteiger partial charge in [0, 0.05) is 22.1 Å². The van der Waals surface area contributed by atoms with E-state index in [2.05, 4.69) is 208 Å². The molecule has 0 radical (unpaired) electrons. The predicted molar refractivity (Wildman–Crippen MR) is 239 cm³/mol. The Morgan fingerprint density at radius 1 is 0.333 bits per heavy atom. The van der Waals surface area contributed by atoms with E-state index in [4.69, 9.17) is 9.97 Å². The second-order valence-corrected chi connectivity index (χ2v) is 15.8. The lowest BCUT2D eigenvalue weighted by Gasteiger charge is -2.21. The maximum absolute atomic E-state index is 5.42. The van der Waals surface area contributed by atoms with E-state index >= 15 is 0 Å². The van der Waals surface area contributed by atoms with Crippen molar-refractivity contribution in [2.45, 2.75) is 19.3 Å². The second kappa shape index (κ2) is 13.0. The van der Waals surface area contributed by atoms with Crippen molar-refractivity contribution >= 4 is 32.3 Å². The quantitative estimate of drug-likeness (QED) is 0.130. The molecule has 268 valence electrons. The molecule has 0 fully saturated rings. The van der Waals surface area contributed by atoms with Gasteiger partial charge in [-0.1, -0.05) is 190 Å². The zero-order valence-electron chi connectivity index (χ0n) is 31.9. The summed E-state index contributed by atoms with van der Waals surface area (Å²) in [4.78, 5) is 10.8. The lowest BCUT2D eigenvalue weighted by molar-refractivity contribution is 0.660. The van der Waals surface area contributed by atoms with Crippen molar-refractivity contribution in [2.24, 2.45) is 0 Å². The summed E-state index contributed by atoms with van der Waals surface area (Å²) in [6.45, 7) is 4.66. The third-order valence-corrected chi connectivity index (χ3v) is 12.1. The van der Waals surface area contributed by atoms with Crippen LogP contribution in [0, 0.1) is 0 Å². The molecule has 2 nitrogen and oxygen atoms in total. The van der Waals surface area contributed by atoms with Gasteiger partial charge >= 0.3 is 0 Å². The summed E-state index contributed by atoms with van der Waals surface area (Å²) in [6, 6.07) is 70.2. The van der Waals surface area contributed by atoms with Crippen molar-refractivity contribution < 1.29 is 0 Å². The van der Waals surface area contributed by atoms with Crippen molar-refractivity contribution in [3.8, 4) is 67.3 Å². The van der Waals surface area contributed by atoms with Crippen LogP contribution in [0.2, 0.25) is 0 Å². The van der Waals surface area contributed by atoms with Gasteiger partial charge in [0.25, 0.3) is 0 Å². The third-order valence-electron chi connectivity index (χ3n) is 12.1. The Labute approximate surface area is 332 Å². The van der Waals surface area contributed by atoms with Gasteiger partial charge < -0.3 is 0 Å². The Morgan fingerprint density at radius 2 is 0.877 bits per heavy atom. The summed E-state index contributed by atoms with van der Waals surface area (Å²) in [7, 11) is 0. The Hall–Kier alpha value is -7.16. The summed E-state index contributed by atoms with van der Waals surface area (Å²) in [5, 5.41) is 7.10. The molecule has 1 heterocycles. The number of hydrogen-bond donors (Lipinski definition) is 0.